The van der Waals surface area contributed by atoms with Crippen LogP contribution in [0, 0.1) is 0 Å². The van der Waals surface area contributed by atoms with Crippen LogP contribution in [0.15, 0.2) is 60.7 Å². The summed E-state index contributed by atoms with van der Waals surface area (Å²) in [6.45, 7) is 5.20. The third kappa shape index (κ3) is 42.9. The molecule has 2 rings (SSSR count). The van der Waals surface area contributed by atoms with Crippen LogP contribution in [-0.2, 0) is 51.3 Å². The number of benzene rings is 2. The van der Waals surface area contributed by atoms with Gasteiger partial charge in [0.25, 0.3) is 0 Å². The van der Waals surface area contributed by atoms with Gasteiger partial charge < -0.3 is 38.7 Å². The zero-order chi connectivity index (χ0) is 46.6. The first-order chi connectivity index (χ1) is 31.2. The van der Waals surface area contributed by atoms with Crippen LogP contribution in [0.25, 0.3) is 0 Å². The number of carbonyl (C=O) groups excluding carboxylic acids is 4. The van der Waals surface area contributed by atoms with Crippen molar-refractivity contribution in [1.29, 1.82) is 0 Å². The molecule has 364 valence electrons. The van der Waals surface area contributed by atoms with Gasteiger partial charge in [-0.3, -0.25) is 0 Å². The fraction of sp³-hybridized carbons (Fsp3) is 0.704. The monoisotopic (exact) mass is 1030 g/mol. The van der Waals surface area contributed by atoms with Gasteiger partial charge in [0, 0.05) is 11.9 Å². The van der Waals surface area contributed by atoms with Crippen LogP contribution in [-0.4, -0.2) is 98.2 Å². The Labute approximate surface area is 434 Å². The number of hydrogen-bond donors (Lipinski definition) is 0. The minimum absolute atomic E-state index is 0. The van der Waals surface area contributed by atoms with Gasteiger partial charge >= 0.3 is 60.8 Å². The van der Waals surface area contributed by atoms with E-state index in [-0.39, 0.29) is 99.1 Å². The first-order valence-corrected chi connectivity index (χ1v) is 25.2. The Bertz CT molecular complexity index is 1290. The van der Waals surface area contributed by atoms with E-state index in [4.69, 9.17) is 18.9 Å². The van der Waals surface area contributed by atoms with E-state index in [1.54, 1.807) is 0 Å². The Hall–Kier alpha value is -2.19. The maximum atomic E-state index is 12.3. The summed E-state index contributed by atoms with van der Waals surface area (Å²) in [5.74, 6) is -2.58. The summed E-state index contributed by atoms with van der Waals surface area (Å²) in [5.41, 5.74) is 2.07. The number of carboxylic acids is 2. The van der Waals surface area contributed by atoms with Crippen molar-refractivity contribution in [3.05, 3.63) is 71.8 Å². The molecular weight excluding hydrogens is 946 g/mol. The zero-order valence-corrected chi connectivity index (χ0v) is 45.2. The number of hydrogen-bond acceptors (Lipinski definition) is 10. The van der Waals surface area contributed by atoms with Crippen molar-refractivity contribution < 1.29 is 48.3 Å². The second-order valence-corrected chi connectivity index (χ2v) is 17.4. The summed E-state index contributed by atoms with van der Waals surface area (Å²) in [4.78, 5) is 45.5. The van der Waals surface area contributed by atoms with Crippen LogP contribution in [0.4, 0.5) is 0 Å². The van der Waals surface area contributed by atoms with E-state index in [0.717, 1.165) is 88.2 Å². The normalized spacial score (nSPS) is 11.7. The third-order valence-corrected chi connectivity index (χ3v) is 11.3. The zero-order valence-electron chi connectivity index (χ0n) is 40.8. The Morgan fingerprint density at radius 2 is 0.692 bits per heavy atom. The fourth-order valence-electron chi connectivity index (χ4n) is 7.62. The van der Waals surface area contributed by atoms with Crippen molar-refractivity contribution in [3.8, 4) is 0 Å². The van der Waals surface area contributed by atoms with Gasteiger partial charge in [-0.05, 0) is 88.2 Å². The molecular formula is C54H86BaO10. The molecule has 0 N–H and O–H groups in total. The average Bonchev–Trinajstić information content (AvgIpc) is 3.28. The van der Waals surface area contributed by atoms with E-state index in [0.29, 0.717) is 26.1 Å². The molecule has 2 unspecified atom stereocenters. The van der Waals surface area contributed by atoms with Crippen molar-refractivity contribution in [2.24, 2.45) is 0 Å². The molecule has 0 saturated heterocycles. The van der Waals surface area contributed by atoms with Crippen LogP contribution < -0.4 is 10.2 Å². The molecule has 0 amide bonds. The van der Waals surface area contributed by atoms with Crippen molar-refractivity contribution in [3.63, 3.8) is 0 Å². The Morgan fingerprint density at radius 1 is 0.415 bits per heavy atom. The number of esters is 2. The first kappa shape index (κ1) is 62.8. The van der Waals surface area contributed by atoms with Crippen LogP contribution in [0.3, 0.4) is 0 Å². The molecule has 0 aliphatic carbocycles. The van der Waals surface area contributed by atoms with Crippen LogP contribution in [0.2, 0.25) is 0 Å². The molecule has 0 aliphatic rings. The first-order valence-electron chi connectivity index (χ1n) is 25.2. The van der Waals surface area contributed by atoms with Crippen LogP contribution >= 0.6 is 0 Å². The van der Waals surface area contributed by atoms with Gasteiger partial charge in [0.2, 0.25) is 0 Å². The molecule has 0 saturated carbocycles. The maximum absolute atomic E-state index is 12.3. The van der Waals surface area contributed by atoms with E-state index in [2.05, 4.69) is 13.8 Å². The van der Waals surface area contributed by atoms with E-state index in [1.807, 2.05) is 60.7 Å². The molecule has 0 aromatic heterocycles. The second-order valence-electron chi connectivity index (χ2n) is 17.4. The van der Waals surface area contributed by atoms with Crippen molar-refractivity contribution >= 4 is 72.8 Å². The van der Waals surface area contributed by atoms with Crippen LogP contribution in [0.1, 0.15) is 218 Å². The molecule has 0 heterocycles. The Balaban J connectivity index is 0.00000124. The topological polar surface area (TPSA) is 151 Å². The number of ether oxygens (including phenoxy) is 4. The van der Waals surface area contributed by atoms with E-state index in [1.165, 1.54) is 89.9 Å². The van der Waals surface area contributed by atoms with Crippen LogP contribution in [0.5, 0.6) is 0 Å². The SMILES string of the molecule is CCCCCCCCCCC(CCCCCCC(=O)[O-])OC(=O)COCc1ccccc1.CCCCCCCCCCC(CCCCCCC(=O)[O-])OC(=O)COCc1ccccc1.[Ba+2]. The molecule has 0 bridgehead atoms. The average molecular weight is 1030 g/mol. The van der Waals surface area contributed by atoms with Gasteiger partial charge in [0.1, 0.15) is 25.4 Å². The number of rotatable bonds is 42. The molecule has 2 aromatic rings. The number of carbonyl (C=O) groups is 4. The van der Waals surface area contributed by atoms with Gasteiger partial charge in [-0.25, -0.2) is 9.59 Å². The molecule has 2 aromatic carbocycles. The molecule has 2 atom stereocenters. The molecule has 10 nitrogen and oxygen atoms in total. The van der Waals surface area contributed by atoms with Gasteiger partial charge in [-0.2, -0.15) is 0 Å². The minimum atomic E-state index is -0.984. The number of aliphatic carboxylic acids is 2. The largest absolute Gasteiger partial charge is 2.00 e. The van der Waals surface area contributed by atoms with Gasteiger partial charge in [0.05, 0.1) is 13.2 Å². The second kappa shape index (κ2) is 46.9. The maximum Gasteiger partial charge on any atom is 2.00 e. The molecule has 11 heteroatoms. The summed E-state index contributed by atoms with van der Waals surface area (Å²) in [7, 11) is 0. The van der Waals surface area contributed by atoms with E-state index >= 15 is 0 Å². The quantitative estimate of drug-likeness (QED) is 0.0357. The van der Waals surface area contributed by atoms with E-state index in [9.17, 15) is 29.4 Å². The van der Waals surface area contributed by atoms with Crippen molar-refractivity contribution in [1.82, 2.24) is 0 Å². The summed E-state index contributed by atoms with van der Waals surface area (Å²) < 4.78 is 22.5. The fourth-order valence-corrected chi connectivity index (χ4v) is 7.62. The van der Waals surface area contributed by atoms with Gasteiger partial charge in [-0.1, -0.05) is 190 Å². The van der Waals surface area contributed by atoms with Gasteiger partial charge in [0.15, 0.2) is 0 Å². The predicted octanol–water partition coefficient (Wildman–Crippen LogP) is 11.1. The molecule has 0 spiro atoms. The smallest absolute Gasteiger partial charge is 0.550 e. The van der Waals surface area contributed by atoms with Gasteiger partial charge in [-0.15, -0.1) is 0 Å². The number of carboxylic acid groups (broad SMARTS) is 2. The standard InChI is InChI=1S/2C27H44O5.Ba/c2*1-2-3-4-5-6-7-8-14-19-25(20-15-9-10-16-21-26(28)29)32-27(30)23-31-22-24-17-12-11-13-18-24;/h2*11-13,17-18,25H,2-10,14-16,19-23H2,1H3,(H,28,29);/q;;+2/p-2. The molecule has 65 heavy (non-hydrogen) atoms. The minimum Gasteiger partial charge on any atom is -0.550 e. The molecule has 0 fully saturated rings. The Morgan fingerprint density at radius 3 is 0.985 bits per heavy atom. The number of unbranched alkanes of at least 4 members (excludes halogenated alkanes) is 20. The van der Waals surface area contributed by atoms with Crippen molar-refractivity contribution in [2.45, 2.75) is 232 Å². The molecule has 0 radical (unpaired) electrons. The van der Waals surface area contributed by atoms with Crippen molar-refractivity contribution in [2.75, 3.05) is 13.2 Å². The predicted molar refractivity (Wildman–Crippen MR) is 258 cm³/mol. The third-order valence-electron chi connectivity index (χ3n) is 11.3. The Kier molecular flexibility index (Phi) is 45.3. The summed E-state index contributed by atoms with van der Waals surface area (Å²) in [6.07, 6.45) is 30.4. The summed E-state index contributed by atoms with van der Waals surface area (Å²) in [5, 5.41) is 21.0. The summed E-state index contributed by atoms with van der Waals surface area (Å²) in [6, 6.07) is 19.6. The van der Waals surface area contributed by atoms with E-state index < -0.39 is 11.9 Å². The molecule has 0 aliphatic heterocycles. The summed E-state index contributed by atoms with van der Waals surface area (Å²) >= 11 is 0.